The fourth-order valence-electron chi connectivity index (χ4n) is 1.19. The van der Waals surface area contributed by atoms with Crippen molar-refractivity contribution in [2.45, 2.75) is 17.0 Å². The second-order valence-corrected chi connectivity index (χ2v) is 4.67. The molecule has 0 radical (unpaired) electrons. The fraction of sp³-hybridized carbons (Fsp3) is 0.400. The van der Waals surface area contributed by atoms with E-state index in [2.05, 4.69) is 0 Å². The Labute approximate surface area is 90.6 Å². The summed E-state index contributed by atoms with van der Waals surface area (Å²) in [5.41, 5.74) is 5.90. The van der Waals surface area contributed by atoms with Crippen molar-refractivity contribution in [1.29, 1.82) is 0 Å². The van der Waals surface area contributed by atoms with Crippen molar-refractivity contribution >= 4 is 10.8 Å². The van der Waals surface area contributed by atoms with Gasteiger partial charge in [-0.2, -0.15) is 0 Å². The Balaban J connectivity index is 2.84. The summed E-state index contributed by atoms with van der Waals surface area (Å²) in [7, 11) is -1.05. The molecule has 1 aromatic carbocycles. The Hall–Kier alpha value is -0.780. The molecule has 3 atom stereocenters. The maximum Gasteiger partial charge on any atom is 0.107 e. The third-order valence-electron chi connectivity index (χ3n) is 2.14. The topological polar surface area (TPSA) is 63.3 Å². The molecule has 2 unspecified atom stereocenters. The summed E-state index contributed by atoms with van der Waals surface area (Å²) in [4.78, 5) is 0.666. The fourth-order valence-corrected chi connectivity index (χ4v) is 1.71. The first-order valence-electron chi connectivity index (χ1n) is 4.49. The lowest BCUT2D eigenvalue weighted by Crippen LogP contribution is -2.30. The number of aliphatic hydroxyl groups excluding tert-OH is 1. The summed E-state index contributed by atoms with van der Waals surface area (Å²) in [5, 5.41) is 9.58. The van der Waals surface area contributed by atoms with E-state index in [9.17, 15) is 13.7 Å². The molecule has 0 spiro atoms. The van der Waals surface area contributed by atoms with Crippen molar-refractivity contribution in [2.75, 3.05) is 12.9 Å². The molecule has 3 nitrogen and oxygen atoms in total. The molecule has 0 aliphatic heterocycles. The molecule has 0 amide bonds. The second-order valence-electron chi connectivity index (χ2n) is 3.29. The molecule has 5 heteroatoms. The minimum Gasteiger partial charge on any atom is -0.387 e. The number of benzene rings is 1. The summed E-state index contributed by atoms with van der Waals surface area (Å²) < 4.78 is 23.3. The van der Waals surface area contributed by atoms with E-state index < -0.39 is 29.6 Å². The molecule has 0 saturated heterocycles. The minimum atomic E-state index is -1.05. The van der Waals surface area contributed by atoms with Crippen molar-refractivity contribution < 1.29 is 13.7 Å². The smallest absolute Gasteiger partial charge is 0.107 e. The van der Waals surface area contributed by atoms with Crippen molar-refractivity contribution in [3.8, 4) is 0 Å². The molecule has 0 aromatic heterocycles. The first-order valence-corrected chi connectivity index (χ1v) is 6.05. The first kappa shape index (κ1) is 12.3. The zero-order chi connectivity index (χ0) is 11.4. The molecular formula is C10H14FNO2S. The van der Waals surface area contributed by atoms with Gasteiger partial charge in [-0.05, 0) is 17.7 Å². The van der Waals surface area contributed by atoms with Crippen LogP contribution in [0.4, 0.5) is 4.39 Å². The molecule has 0 aliphatic carbocycles. The first-order chi connectivity index (χ1) is 7.06. The van der Waals surface area contributed by atoms with Crippen LogP contribution in [0.1, 0.15) is 11.7 Å². The average Bonchev–Trinajstić information content (AvgIpc) is 2.27. The highest BCUT2D eigenvalue weighted by Gasteiger charge is 2.16. The number of rotatable bonds is 4. The largest absolute Gasteiger partial charge is 0.387 e. The predicted octanol–water partition coefficient (Wildman–Crippen LogP) is 0.754. The normalized spacial score (nSPS) is 17.1. The highest BCUT2D eigenvalue weighted by molar-refractivity contribution is 7.84. The molecule has 0 fully saturated rings. The molecule has 0 aliphatic rings. The van der Waals surface area contributed by atoms with Gasteiger partial charge in [0.15, 0.2) is 0 Å². The number of hydrogen-bond donors (Lipinski definition) is 2. The highest BCUT2D eigenvalue weighted by atomic mass is 32.2. The van der Waals surface area contributed by atoms with Crippen LogP contribution in [-0.4, -0.2) is 28.3 Å². The zero-order valence-corrected chi connectivity index (χ0v) is 9.21. The molecule has 3 N–H and O–H groups in total. The number of nitrogens with two attached hydrogens (primary N) is 1. The molecule has 15 heavy (non-hydrogen) atoms. The van der Waals surface area contributed by atoms with Gasteiger partial charge in [0.25, 0.3) is 0 Å². The van der Waals surface area contributed by atoms with E-state index in [4.69, 9.17) is 5.73 Å². The molecular weight excluding hydrogens is 217 g/mol. The van der Waals surface area contributed by atoms with Crippen molar-refractivity contribution in [1.82, 2.24) is 0 Å². The van der Waals surface area contributed by atoms with Gasteiger partial charge in [-0.3, -0.25) is 4.21 Å². The van der Waals surface area contributed by atoms with Crippen LogP contribution in [0.5, 0.6) is 0 Å². The van der Waals surface area contributed by atoms with Crippen LogP contribution in [-0.2, 0) is 10.8 Å². The van der Waals surface area contributed by atoms with Gasteiger partial charge < -0.3 is 10.8 Å². The van der Waals surface area contributed by atoms with Gasteiger partial charge in [0.05, 0.1) is 12.1 Å². The Morgan fingerprint density at radius 3 is 2.40 bits per heavy atom. The van der Waals surface area contributed by atoms with Gasteiger partial charge in [0.1, 0.15) is 6.67 Å². The lowest BCUT2D eigenvalue weighted by Gasteiger charge is -2.16. The quantitative estimate of drug-likeness (QED) is 0.804. The Morgan fingerprint density at radius 2 is 2.00 bits per heavy atom. The van der Waals surface area contributed by atoms with Crippen LogP contribution in [0, 0.1) is 0 Å². The van der Waals surface area contributed by atoms with E-state index in [1.54, 1.807) is 30.5 Å². The lowest BCUT2D eigenvalue weighted by molar-refractivity contribution is 0.132. The zero-order valence-electron chi connectivity index (χ0n) is 8.39. The summed E-state index contributed by atoms with van der Waals surface area (Å²) in [6.45, 7) is -0.775. The maximum atomic E-state index is 12.2. The number of halogens is 1. The Morgan fingerprint density at radius 1 is 1.47 bits per heavy atom. The maximum absolute atomic E-state index is 12.2. The molecule has 1 aromatic rings. The SMILES string of the molecule is CS(=O)c1ccc(C(O)[C@H](N)CF)cc1. The number of alkyl halides is 1. The highest BCUT2D eigenvalue weighted by Crippen LogP contribution is 2.17. The van der Waals surface area contributed by atoms with Crippen LogP contribution < -0.4 is 5.73 Å². The lowest BCUT2D eigenvalue weighted by atomic mass is 10.0. The van der Waals surface area contributed by atoms with Gasteiger partial charge >= 0.3 is 0 Å². The van der Waals surface area contributed by atoms with Crippen molar-refractivity contribution in [3.63, 3.8) is 0 Å². The third-order valence-corrected chi connectivity index (χ3v) is 3.07. The molecule has 0 bridgehead atoms. The molecule has 0 saturated carbocycles. The van der Waals surface area contributed by atoms with Gasteiger partial charge in [-0.1, -0.05) is 12.1 Å². The molecule has 84 valence electrons. The van der Waals surface area contributed by atoms with Crippen LogP contribution in [0.15, 0.2) is 29.2 Å². The second kappa shape index (κ2) is 5.34. The van der Waals surface area contributed by atoms with E-state index >= 15 is 0 Å². The molecule has 0 heterocycles. The van der Waals surface area contributed by atoms with E-state index in [0.29, 0.717) is 10.5 Å². The number of hydrogen-bond acceptors (Lipinski definition) is 3. The average molecular weight is 231 g/mol. The van der Waals surface area contributed by atoms with Gasteiger partial charge in [0.2, 0.25) is 0 Å². The van der Waals surface area contributed by atoms with Gasteiger partial charge in [0, 0.05) is 22.0 Å². The van der Waals surface area contributed by atoms with E-state index in [1.807, 2.05) is 0 Å². The number of aliphatic hydroxyl groups is 1. The van der Waals surface area contributed by atoms with Gasteiger partial charge in [-0.15, -0.1) is 0 Å². The van der Waals surface area contributed by atoms with Crippen LogP contribution >= 0.6 is 0 Å². The summed E-state index contributed by atoms with van der Waals surface area (Å²) in [5.74, 6) is 0. The van der Waals surface area contributed by atoms with Crippen molar-refractivity contribution in [2.24, 2.45) is 5.73 Å². The van der Waals surface area contributed by atoms with Crippen LogP contribution in [0.3, 0.4) is 0 Å². The predicted molar refractivity (Wildman–Crippen MR) is 57.7 cm³/mol. The summed E-state index contributed by atoms with van der Waals surface area (Å²) in [6.07, 6.45) is 0.549. The van der Waals surface area contributed by atoms with E-state index in [1.165, 1.54) is 0 Å². The monoisotopic (exact) mass is 231 g/mol. The standard InChI is InChI=1S/C10H14FNO2S/c1-15(14)8-4-2-7(3-5-8)10(13)9(12)6-11/h2-5,9-10,13H,6,12H2,1H3/t9-,10?,15?/m1/s1. The Bertz CT molecular complexity index is 342. The Kier molecular flexibility index (Phi) is 4.38. The van der Waals surface area contributed by atoms with E-state index in [0.717, 1.165) is 0 Å². The minimum absolute atomic E-state index is 0.536. The van der Waals surface area contributed by atoms with Crippen molar-refractivity contribution in [3.05, 3.63) is 29.8 Å². The van der Waals surface area contributed by atoms with Crippen LogP contribution in [0.2, 0.25) is 0 Å². The third kappa shape index (κ3) is 3.09. The van der Waals surface area contributed by atoms with Gasteiger partial charge in [-0.25, -0.2) is 4.39 Å². The summed E-state index contributed by atoms with van der Waals surface area (Å²) in [6, 6.07) is 5.58. The van der Waals surface area contributed by atoms with E-state index in [-0.39, 0.29) is 0 Å². The van der Waals surface area contributed by atoms with Crippen LogP contribution in [0.25, 0.3) is 0 Å². The summed E-state index contributed by atoms with van der Waals surface area (Å²) >= 11 is 0. The molecule has 1 rings (SSSR count).